The average molecular weight is 420 g/mol. The fraction of sp³-hybridized carbons (Fsp3) is 0.350. The first-order valence-corrected chi connectivity index (χ1v) is 9.48. The van der Waals surface area contributed by atoms with E-state index in [1.165, 1.54) is 10.5 Å². The molecule has 3 rings (SSSR count). The van der Waals surface area contributed by atoms with Gasteiger partial charge in [-0.1, -0.05) is 28.1 Å². The van der Waals surface area contributed by atoms with E-state index in [2.05, 4.69) is 34.1 Å². The van der Waals surface area contributed by atoms with Gasteiger partial charge in [-0.3, -0.25) is 4.79 Å². The third-order valence-electron chi connectivity index (χ3n) is 4.70. The van der Waals surface area contributed by atoms with Gasteiger partial charge >= 0.3 is 0 Å². The minimum atomic E-state index is 0.0312. The Balaban J connectivity index is 1.61. The summed E-state index contributed by atoms with van der Waals surface area (Å²) in [7, 11) is 3.18. The maximum Gasteiger partial charge on any atom is 0.254 e. The highest BCUT2D eigenvalue weighted by atomic mass is 79.9. The monoisotopic (exact) mass is 419 g/mol. The molecule has 0 unspecified atom stereocenters. The Morgan fingerprint density at radius 3 is 2.31 bits per heavy atom. The quantitative estimate of drug-likeness (QED) is 0.805. The third kappa shape index (κ3) is 4.56. The van der Waals surface area contributed by atoms with Crippen LogP contribution in [0.4, 0.5) is 0 Å². The molecule has 2 aromatic rings. The van der Waals surface area contributed by atoms with E-state index in [0.717, 1.165) is 37.2 Å². The minimum absolute atomic E-state index is 0.0312. The van der Waals surface area contributed by atoms with Gasteiger partial charge in [-0.15, -0.1) is 0 Å². The first-order valence-electron chi connectivity index (χ1n) is 8.69. The number of hydrogen-bond donors (Lipinski definition) is 1. The fourth-order valence-corrected chi connectivity index (χ4v) is 3.70. The Morgan fingerprint density at radius 2 is 1.73 bits per heavy atom. The SMILES string of the molecule is COc1cc(OC)cc(C(=O)N2CC[NH+](Cc3cccc(Br)c3)CC2)c1. The van der Waals surface area contributed by atoms with E-state index in [1.54, 1.807) is 32.4 Å². The Morgan fingerprint density at radius 1 is 1.08 bits per heavy atom. The predicted molar refractivity (Wildman–Crippen MR) is 104 cm³/mol. The van der Waals surface area contributed by atoms with Crippen molar-refractivity contribution in [2.24, 2.45) is 0 Å². The van der Waals surface area contributed by atoms with Crippen molar-refractivity contribution in [1.82, 2.24) is 4.90 Å². The van der Waals surface area contributed by atoms with Crippen molar-refractivity contribution in [2.45, 2.75) is 6.54 Å². The number of carbonyl (C=O) groups excluding carboxylic acids is 1. The Bertz CT molecular complexity index is 751. The van der Waals surface area contributed by atoms with Gasteiger partial charge in [0.05, 0.1) is 40.4 Å². The highest BCUT2D eigenvalue weighted by Crippen LogP contribution is 2.23. The average Bonchev–Trinajstić information content (AvgIpc) is 2.67. The van der Waals surface area contributed by atoms with Crippen LogP contribution in [-0.4, -0.2) is 51.2 Å². The summed E-state index contributed by atoms with van der Waals surface area (Å²) in [6.07, 6.45) is 0. The lowest BCUT2D eigenvalue weighted by atomic mass is 10.1. The van der Waals surface area contributed by atoms with E-state index in [9.17, 15) is 4.79 Å². The van der Waals surface area contributed by atoms with Gasteiger partial charge in [0, 0.05) is 21.7 Å². The second-order valence-electron chi connectivity index (χ2n) is 6.45. The van der Waals surface area contributed by atoms with Gasteiger partial charge in [-0.05, 0) is 24.3 Å². The number of benzene rings is 2. The van der Waals surface area contributed by atoms with Gasteiger partial charge in [0.2, 0.25) is 0 Å². The van der Waals surface area contributed by atoms with Crippen molar-refractivity contribution in [2.75, 3.05) is 40.4 Å². The summed E-state index contributed by atoms with van der Waals surface area (Å²) in [5, 5.41) is 0. The first-order chi connectivity index (χ1) is 12.6. The van der Waals surface area contributed by atoms with E-state index in [-0.39, 0.29) is 5.91 Å². The maximum absolute atomic E-state index is 12.8. The van der Waals surface area contributed by atoms with Crippen molar-refractivity contribution in [3.05, 3.63) is 58.1 Å². The zero-order valence-electron chi connectivity index (χ0n) is 15.1. The second-order valence-corrected chi connectivity index (χ2v) is 7.37. The van der Waals surface area contributed by atoms with Crippen LogP contribution in [0.15, 0.2) is 46.9 Å². The molecule has 138 valence electrons. The van der Waals surface area contributed by atoms with Crippen LogP contribution in [0, 0.1) is 0 Å². The van der Waals surface area contributed by atoms with Crippen LogP contribution < -0.4 is 14.4 Å². The molecule has 6 heteroatoms. The van der Waals surface area contributed by atoms with Crippen LogP contribution in [0.2, 0.25) is 0 Å². The molecule has 1 heterocycles. The number of quaternary nitrogens is 1. The Kier molecular flexibility index (Phi) is 6.16. The van der Waals surface area contributed by atoms with Gasteiger partial charge < -0.3 is 19.3 Å². The molecule has 1 amide bonds. The van der Waals surface area contributed by atoms with Crippen molar-refractivity contribution in [3.63, 3.8) is 0 Å². The molecule has 0 aromatic heterocycles. The van der Waals surface area contributed by atoms with Crippen molar-refractivity contribution >= 4 is 21.8 Å². The van der Waals surface area contributed by atoms with Crippen LogP contribution in [0.5, 0.6) is 11.5 Å². The van der Waals surface area contributed by atoms with Crippen molar-refractivity contribution in [3.8, 4) is 11.5 Å². The molecular weight excluding hydrogens is 396 g/mol. The zero-order chi connectivity index (χ0) is 18.5. The molecule has 0 spiro atoms. The summed E-state index contributed by atoms with van der Waals surface area (Å²) >= 11 is 3.52. The number of hydrogen-bond acceptors (Lipinski definition) is 3. The molecular formula is C20H24BrN2O3+. The van der Waals surface area contributed by atoms with Crippen molar-refractivity contribution < 1.29 is 19.2 Å². The molecule has 0 radical (unpaired) electrons. The number of nitrogens with zero attached hydrogens (tertiary/aromatic N) is 1. The highest BCUT2D eigenvalue weighted by Gasteiger charge is 2.25. The topological polar surface area (TPSA) is 43.2 Å². The fourth-order valence-electron chi connectivity index (χ4n) is 3.25. The first kappa shape index (κ1) is 18.7. The molecule has 26 heavy (non-hydrogen) atoms. The molecule has 1 aliphatic rings. The summed E-state index contributed by atoms with van der Waals surface area (Å²) in [4.78, 5) is 16.3. The number of rotatable bonds is 5. The van der Waals surface area contributed by atoms with E-state index in [1.807, 2.05) is 11.0 Å². The lowest BCUT2D eigenvalue weighted by molar-refractivity contribution is -0.917. The molecule has 1 fully saturated rings. The second kappa shape index (κ2) is 8.56. The number of methoxy groups -OCH3 is 2. The smallest absolute Gasteiger partial charge is 0.254 e. The normalized spacial score (nSPS) is 15.0. The van der Waals surface area contributed by atoms with E-state index >= 15 is 0 Å². The number of piperazine rings is 1. The molecule has 0 saturated carbocycles. The molecule has 1 aliphatic heterocycles. The minimum Gasteiger partial charge on any atom is -0.497 e. The lowest BCUT2D eigenvalue weighted by Gasteiger charge is -2.32. The standard InChI is InChI=1S/C20H23BrN2O3/c1-25-18-11-16(12-19(13-18)26-2)20(24)23-8-6-22(7-9-23)14-15-4-3-5-17(21)10-15/h3-5,10-13H,6-9,14H2,1-2H3/p+1. The number of amides is 1. The van der Waals surface area contributed by atoms with Gasteiger partial charge in [0.25, 0.3) is 5.91 Å². The van der Waals surface area contributed by atoms with Crippen LogP contribution in [-0.2, 0) is 6.54 Å². The largest absolute Gasteiger partial charge is 0.497 e. The van der Waals surface area contributed by atoms with Crippen LogP contribution in [0.25, 0.3) is 0 Å². The molecule has 0 bridgehead atoms. The molecule has 5 nitrogen and oxygen atoms in total. The van der Waals surface area contributed by atoms with Crippen molar-refractivity contribution in [1.29, 1.82) is 0 Å². The van der Waals surface area contributed by atoms with E-state index < -0.39 is 0 Å². The van der Waals surface area contributed by atoms with Gasteiger partial charge in [-0.2, -0.15) is 0 Å². The summed E-state index contributed by atoms with van der Waals surface area (Å²) in [6, 6.07) is 13.7. The van der Waals surface area contributed by atoms with Gasteiger partial charge in [-0.25, -0.2) is 0 Å². The number of carbonyl (C=O) groups is 1. The summed E-state index contributed by atoms with van der Waals surface area (Å²) in [5.74, 6) is 1.29. The molecule has 1 N–H and O–H groups in total. The highest BCUT2D eigenvalue weighted by molar-refractivity contribution is 9.10. The van der Waals surface area contributed by atoms with Crippen LogP contribution >= 0.6 is 15.9 Å². The zero-order valence-corrected chi connectivity index (χ0v) is 16.7. The predicted octanol–water partition coefficient (Wildman–Crippen LogP) is 2.01. The lowest BCUT2D eigenvalue weighted by Crippen LogP contribution is -3.13. The molecule has 0 aliphatic carbocycles. The maximum atomic E-state index is 12.8. The number of halogens is 1. The summed E-state index contributed by atoms with van der Waals surface area (Å²) in [6.45, 7) is 4.37. The molecule has 1 saturated heterocycles. The van der Waals surface area contributed by atoms with Gasteiger partial charge in [0.15, 0.2) is 0 Å². The number of nitrogens with one attached hydrogen (secondary N) is 1. The molecule has 2 aromatic carbocycles. The van der Waals surface area contributed by atoms with E-state index in [0.29, 0.717) is 17.1 Å². The number of ether oxygens (including phenoxy) is 2. The third-order valence-corrected chi connectivity index (χ3v) is 5.19. The van der Waals surface area contributed by atoms with Crippen LogP contribution in [0.1, 0.15) is 15.9 Å². The Labute approximate surface area is 162 Å². The van der Waals surface area contributed by atoms with Gasteiger partial charge in [0.1, 0.15) is 18.0 Å². The van der Waals surface area contributed by atoms with Crippen LogP contribution in [0.3, 0.4) is 0 Å². The Hall–Kier alpha value is -2.05. The van der Waals surface area contributed by atoms with E-state index in [4.69, 9.17) is 9.47 Å². The summed E-state index contributed by atoms with van der Waals surface area (Å²) in [5.41, 5.74) is 1.92. The molecule has 0 atom stereocenters. The summed E-state index contributed by atoms with van der Waals surface area (Å²) < 4.78 is 11.6.